The van der Waals surface area contributed by atoms with E-state index >= 15 is 0 Å². The first-order valence-corrected chi connectivity index (χ1v) is 36.5. The molecule has 0 radical (unpaired) electrons. The first-order valence-electron chi connectivity index (χ1n) is 35.0. The second-order valence-corrected chi connectivity index (χ2v) is 24.1. The molecule has 9 nitrogen and oxygen atoms in total. The monoisotopic (exact) mass is 1230 g/mol. The molecule has 494 valence electrons. The van der Waals surface area contributed by atoms with E-state index in [1.54, 1.807) is 0 Å². The van der Waals surface area contributed by atoms with Gasteiger partial charge in [0.2, 0.25) is 0 Å². The molecular weight excluding hydrogens is 1100 g/mol. The highest BCUT2D eigenvalue weighted by atomic mass is 31.2. The van der Waals surface area contributed by atoms with Crippen LogP contribution >= 0.6 is 7.82 Å². The second kappa shape index (κ2) is 70.7. The van der Waals surface area contributed by atoms with Crippen LogP contribution in [-0.4, -0.2) is 49.3 Å². The Bertz CT molecular complexity index is 1980. The van der Waals surface area contributed by atoms with Crippen molar-refractivity contribution in [3.8, 4) is 0 Å². The molecule has 0 amide bonds. The average molecular weight is 1230 g/mol. The predicted octanol–water partition coefficient (Wildman–Crippen LogP) is 23.2. The van der Waals surface area contributed by atoms with Crippen molar-refractivity contribution in [2.45, 2.75) is 290 Å². The number of rotatable bonds is 64. The molecule has 3 N–H and O–H groups in total. The van der Waals surface area contributed by atoms with Crippen LogP contribution < -0.4 is 5.73 Å². The fourth-order valence-corrected chi connectivity index (χ4v) is 10.1. The normalized spacial score (nSPS) is 13.9. The Balaban J connectivity index is 3.94. The fourth-order valence-electron chi connectivity index (χ4n) is 9.33. The van der Waals surface area contributed by atoms with Gasteiger partial charge in [-0.05, 0) is 122 Å². The molecule has 0 aromatic carbocycles. The molecule has 0 aliphatic carbocycles. The Morgan fingerprint density at radius 2 is 0.598 bits per heavy atom. The van der Waals surface area contributed by atoms with Gasteiger partial charge in [-0.25, -0.2) is 4.57 Å². The molecule has 0 bridgehead atoms. The van der Waals surface area contributed by atoms with Gasteiger partial charge in [-0.3, -0.25) is 18.6 Å². The molecule has 10 heteroatoms. The first-order chi connectivity index (χ1) is 42.8. The van der Waals surface area contributed by atoms with E-state index in [-0.39, 0.29) is 38.6 Å². The smallest absolute Gasteiger partial charge is 0.462 e. The number of hydrogen-bond donors (Lipinski definition) is 2. The third-order valence-corrected chi connectivity index (χ3v) is 15.4. The van der Waals surface area contributed by atoms with E-state index < -0.39 is 26.5 Å². The molecule has 0 spiro atoms. The zero-order chi connectivity index (χ0) is 63.0. The van der Waals surface area contributed by atoms with Crippen LogP contribution in [-0.2, 0) is 32.7 Å². The summed E-state index contributed by atoms with van der Waals surface area (Å²) in [5.41, 5.74) is 5.40. The molecular formula is C77H128NO8P. The number of nitrogens with two attached hydrogens (primary N) is 1. The molecule has 2 atom stereocenters. The van der Waals surface area contributed by atoms with Gasteiger partial charge in [0.05, 0.1) is 13.2 Å². The lowest BCUT2D eigenvalue weighted by molar-refractivity contribution is -0.161. The van der Waals surface area contributed by atoms with Crippen molar-refractivity contribution in [2.75, 3.05) is 26.4 Å². The molecule has 0 heterocycles. The number of phosphoric ester groups is 1. The van der Waals surface area contributed by atoms with Gasteiger partial charge in [-0.2, -0.15) is 0 Å². The zero-order valence-corrected chi connectivity index (χ0v) is 56.3. The van der Waals surface area contributed by atoms with Gasteiger partial charge in [0.25, 0.3) is 0 Å². The Kier molecular flexibility index (Phi) is 67.2. The SMILES string of the molecule is CC/C=C\C/C=C\C/C=C\C/C=C\C/C=C\C/C=C\C/C=C\C/C=C\CCCCCCCCC(=O)OC(COC(=O)CCCCCCCCCCCCCCCCCCCCC/C=C\C/C=C\C/C=C\C/C=C\C/C=C\CC)COP(=O)(O)OCCN. The van der Waals surface area contributed by atoms with Crippen molar-refractivity contribution in [3.05, 3.63) is 158 Å². The van der Waals surface area contributed by atoms with Gasteiger partial charge >= 0.3 is 19.8 Å². The van der Waals surface area contributed by atoms with Gasteiger partial charge in [0.1, 0.15) is 6.61 Å². The summed E-state index contributed by atoms with van der Waals surface area (Å²) in [6.07, 6.45) is 103. The highest BCUT2D eigenvalue weighted by Gasteiger charge is 2.26. The van der Waals surface area contributed by atoms with Crippen LogP contribution in [0.5, 0.6) is 0 Å². The Labute approximate surface area is 534 Å². The van der Waals surface area contributed by atoms with Crippen LogP contribution in [0.25, 0.3) is 0 Å². The van der Waals surface area contributed by atoms with E-state index in [1.165, 1.54) is 109 Å². The number of hydrogen-bond acceptors (Lipinski definition) is 8. The topological polar surface area (TPSA) is 134 Å². The molecule has 0 aliphatic rings. The summed E-state index contributed by atoms with van der Waals surface area (Å²) < 4.78 is 33.2. The van der Waals surface area contributed by atoms with E-state index in [1.807, 2.05) is 0 Å². The minimum Gasteiger partial charge on any atom is -0.462 e. The number of unbranched alkanes of at least 4 members (excludes halogenated alkanes) is 25. The van der Waals surface area contributed by atoms with Crippen molar-refractivity contribution < 1.29 is 37.6 Å². The molecule has 0 aromatic heterocycles. The lowest BCUT2D eigenvalue weighted by atomic mass is 10.0. The number of allylic oxidation sites excluding steroid dienone is 26. The zero-order valence-electron chi connectivity index (χ0n) is 55.4. The third-order valence-electron chi connectivity index (χ3n) is 14.4. The summed E-state index contributed by atoms with van der Waals surface area (Å²) in [5, 5.41) is 0. The molecule has 0 rings (SSSR count). The molecule has 0 fully saturated rings. The molecule has 0 aliphatic heterocycles. The molecule has 0 aromatic rings. The van der Waals surface area contributed by atoms with Crippen LogP contribution in [0.4, 0.5) is 0 Å². The predicted molar refractivity (Wildman–Crippen MR) is 376 cm³/mol. The second-order valence-electron chi connectivity index (χ2n) is 22.6. The summed E-state index contributed by atoms with van der Waals surface area (Å²) in [6.45, 7) is 3.50. The first kappa shape index (κ1) is 82.6. The summed E-state index contributed by atoms with van der Waals surface area (Å²) in [5.74, 6) is -0.847. The van der Waals surface area contributed by atoms with Crippen LogP contribution in [0.2, 0.25) is 0 Å². The van der Waals surface area contributed by atoms with Crippen molar-refractivity contribution >= 4 is 19.8 Å². The van der Waals surface area contributed by atoms with E-state index in [2.05, 4.69) is 172 Å². The minimum absolute atomic E-state index is 0.0440. The summed E-state index contributed by atoms with van der Waals surface area (Å²) in [7, 11) is -4.41. The molecule has 0 saturated heterocycles. The van der Waals surface area contributed by atoms with Crippen molar-refractivity contribution in [1.29, 1.82) is 0 Å². The molecule has 0 saturated carbocycles. The minimum atomic E-state index is -4.41. The van der Waals surface area contributed by atoms with Gasteiger partial charge < -0.3 is 20.1 Å². The number of carbonyl (C=O) groups excluding carboxylic acids is 2. The average Bonchev–Trinajstić information content (AvgIpc) is 3.66. The maximum atomic E-state index is 12.8. The molecule has 2 unspecified atom stereocenters. The van der Waals surface area contributed by atoms with Crippen LogP contribution in [0.1, 0.15) is 284 Å². The van der Waals surface area contributed by atoms with Crippen molar-refractivity contribution in [2.24, 2.45) is 5.73 Å². The van der Waals surface area contributed by atoms with E-state index in [9.17, 15) is 19.0 Å². The maximum Gasteiger partial charge on any atom is 0.472 e. The summed E-state index contributed by atoms with van der Waals surface area (Å²) in [4.78, 5) is 35.4. The van der Waals surface area contributed by atoms with Crippen LogP contribution in [0, 0.1) is 0 Å². The van der Waals surface area contributed by atoms with E-state index in [0.717, 1.165) is 141 Å². The summed E-state index contributed by atoms with van der Waals surface area (Å²) in [6, 6.07) is 0. The number of phosphoric acid groups is 1. The lowest BCUT2D eigenvalue weighted by Gasteiger charge is -2.19. The number of esters is 2. The Morgan fingerprint density at radius 3 is 0.885 bits per heavy atom. The van der Waals surface area contributed by atoms with Crippen molar-refractivity contribution in [3.63, 3.8) is 0 Å². The highest BCUT2D eigenvalue weighted by molar-refractivity contribution is 7.47. The fraction of sp³-hybridized carbons (Fsp3) is 0.636. The standard InChI is InChI=1S/C77H128NO8P/c1-3-5-7-9-11-13-15-17-19-21-23-25-27-29-31-33-35-36-37-38-40-41-43-45-47-49-51-53-55-57-59-61-63-65-67-69-76(79)83-73-75(74-85-87(81,82)84-72-71-78)86-77(80)70-68-66-64-62-60-58-56-54-52-50-48-46-44-42-39-34-32-30-28-26-24-22-20-18-16-14-12-10-8-6-4-2/h5-8,11-14,17-20,23-26,29-32,39,42,46,48,52,54,75H,3-4,9-10,15-16,21-22,27-28,33-38,40-41,43-45,47,49-51,53,55-74,78H2,1-2H3,(H,81,82)/b7-5-,8-6-,13-11-,14-12-,19-17-,20-18-,25-23-,26-24-,31-29-,32-30-,42-39-,48-46-,54-52-. The lowest BCUT2D eigenvalue weighted by Crippen LogP contribution is -2.29. The Morgan fingerprint density at radius 1 is 0.345 bits per heavy atom. The van der Waals surface area contributed by atoms with Gasteiger partial charge in [-0.15, -0.1) is 0 Å². The number of ether oxygens (including phenoxy) is 2. The highest BCUT2D eigenvalue weighted by Crippen LogP contribution is 2.43. The molecule has 87 heavy (non-hydrogen) atoms. The maximum absolute atomic E-state index is 12.8. The third kappa shape index (κ3) is 70.6. The largest absolute Gasteiger partial charge is 0.472 e. The van der Waals surface area contributed by atoms with Crippen LogP contribution in [0.15, 0.2) is 158 Å². The number of carbonyl (C=O) groups is 2. The van der Waals surface area contributed by atoms with Gasteiger partial charge in [0, 0.05) is 19.4 Å². The van der Waals surface area contributed by atoms with Crippen molar-refractivity contribution in [1.82, 2.24) is 0 Å². The van der Waals surface area contributed by atoms with Gasteiger partial charge in [0.15, 0.2) is 6.10 Å². The van der Waals surface area contributed by atoms with E-state index in [0.29, 0.717) is 6.42 Å². The van der Waals surface area contributed by atoms with Crippen LogP contribution in [0.3, 0.4) is 0 Å². The Hall–Kier alpha value is -4.37. The van der Waals surface area contributed by atoms with E-state index in [4.69, 9.17) is 24.3 Å². The van der Waals surface area contributed by atoms with Gasteiger partial charge in [-0.1, -0.05) is 307 Å². The quantitative estimate of drug-likeness (QED) is 0.0264. The summed E-state index contributed by atoms with van der Waals surface area (Å²) >= 11 is 0.